The van der Waals surface area contributed by atoms with Crippen LogP contribution in [0.25, 0.3) is 0 Å². The van der Waals surface area contributed by atoms with Crippen LogP contribution in [0.4, 0.5) is 10.1 Å². The Kier molecular flexibility index (Phi) is 6.96. The van der Waals surface area contributed by atoms with Gasteiger partial charge in [0.1, 0.15) is 17.3 Å². The molecule has 0 fully saturated rings. The average Bonchev–Trinajstić information content (AvgIpc) is 2.65. The molecule has 2 aromatic carbocycles. The molecule has 0 saturated heterocycles. The van der Waals surface area contributed by atoms with E-state index in [0.29, 0.717) is 23.7 Å². The van der Waals surface area contributed by atoms with E-state index in [0.717, 1.165) is 0 Å². The molecule has 0 aromatic heterocycles. The van der Waals surface area contributed by atoms with Gasteiger partial charge in [-0.1, -0.05) is 12.1 Å². The van der Waals surface area contributed by atoms with Gasteiger partial charge in [-0.15, -0.1) is 0 Å². The lowest BCUT2D eigenvalue weighted by Gasteiger charge is -2.21. The van der Waals surface area contributed by atoms with Crippen LogP contribution in [0, 0.1) is 5.82 Å². The Labute approximate surface area is 151 Å². The maximum absolute atomic E-state index is 12.9. The number of likely N-dealkylation sites (N-methyl/N-ethyl adjacent to an activating group) is 1. The van der Waals surface area contributed by atoms with Gasteiger partial charge in [0.05, 0.1) is 19.3 Å². The van der Waals surface area contributed by atoms with Crippen LogP contribution >= 0.6 is 0 Å². The first-order chi connectivity index (χ1) is 12.5. The minimum atomic E-state index is -0.383. The summed E-state index contributed by atoms with van der Waals surface area (Å²) in [4.78, 5) is 25.8. The molecular formula is C19H21FN2O4. The molecule has 2 rings (SSSR count). The fourth-order valence-electron chi connectivity index (χ4n) is 2.25. The van der Waals surface area contributed by atoms with Gasteiger partial charge in [-0.05, 0) is 43.3 Å². The number of ether oxygens (including phenoxy) is 2. The van der Waals surface area contributed by atoms with Gasteiger partial charge in [0, 0.05) is 6.54 Å². The van der Waals surface area contributed by atoms with E-state index in [1.807, 2.05) is 0 Å². The first-order valence-corrected chi connectivity index (χ1v) is 8.12. The topological polar surface area (TPSA) is 67.9 Å². The van der Waals surface area contributed by atoms with Crippen LogP contribution < -0.4 is 14.8 Å². The van der Waals surface area contributed by atoms with Crippen molar-refractivity contribution in [2.45, 2.75) is 6.92 Å². The average molecular weight is 360 g/mol. The maximum atomic E-state index is 12.9. The fraction of sp³-hybridized carbons (Fsp3) is 0.263. The highest BCUT2D eigenvalue weighted by Crippen LogP contribution is 2.22. The van der Waals surface area contributed by atoms with Crippen molar-refractivity contribution in [3.63, 3.8) is 0 Å². The molecule has 0 bridgehead atoms. The zero-order chi connectivity index (χ0) is 18.9. The second-order valence-corrected chi connectivity index (χ2v) is 5.40. The molecule has 0 heterocycles. The summed E-state index contributed by atoms with van der Waals surface area (Å²) < 4.78 is 23.4. The first-order valence-electron chi connectivity index (χ1n) is 8.12. The highest BCUT2D eigenvalue weighted by atomic mass is 19.1. The molecule has 0 aliphatic carbocycles. The predicted octanol–water partition coefficient (Wildman–Crippen LogP) is 2.70. The fourth-order valence-corrected chi connectivity index (χ4v) is 2.25. The lowest BCUT2D eigenvalue weighted by molar-refractivity contribution is -0.136. The number of amides is 2. The summed E-state index contributed by atoms with van der Waals surface area (Å²) in [5.41, 5.74) is 0.533. The molecule has 2 amide bonds. The number of carbonyl (C=O) groups excluding carboxylic acids is 2. The summed E-state index contributed by atoms with van der Waals surface area (Å²) in [7, 11) is 1.51. The Bertz CT molecular complexity index is 749. The minimum absolute atomic E-state index is 0.111. The molecule has 1 N–H and O–H groups in total. The van der Waals surface area contributed by atoms with E-state index in [4.69, 9.17) is 9.47 Å². The third-order valence-corrected chi connectivity index (χ3v) is 3.63. The van der Waals surface area contributed by atoms with Crippen LogP contribution in [0.3, 0.4) is 0 Å². The third-order valence-electron chi connectivity index (χ3n) is 3.63. The van der Waals surface area contributed by atoms with Crippen molar-refractivity contribution in [2.24, 2.45) is 0 Å². The standard InChI is InChI=1S/C19H21FN2O4/c1-3-22(19(24)13-26-15-10-8-14(20)9-11-15)12-18(23)21-16-6-4-5-7-17(16)25-2/h4-11H,3,12-13H2,1-2H3,(H,21,23). The van der Waals surface area contributed by atoms with E-state index in [1.54, 1.807) is 31.2 Å². The summed E-state index contributed by atoms with van der Waals surface area (Å²) in [6.45, 7) is 1.78. The second kappa shape index (κ2) is 9.41. The van der Waals surface area contributed by atoms with Gasteiger partial charge in [-0.25, -0.2) is 4.39 Å². The summed E-state index contributed by atoms with van der Waals surface area (Å²) in [6, 6.07) is 12.4. The molecule has 0 unspecified atom stereocenters. The molecule has 0 aliphatic heterocycles. The third kappa shape index (κ3) is 5.47. The summed E-state index contributed by atoms with van der Waals surface area (Å²) in [6.07, 6.45) is 0. The molecule has 2 aromatic rings. The van der Waals surface area contributed by atoms with E-state index in [-0.39, 0.29) is 30.8 Å². The van der Waals surface area contributed by atoms with Crippen molar-refractivity contribution in [3.8, 4) is 11.5 Å². The second-order valence-electron chi connectivity index (χ2n) is 5.40. The van der Waals surface area contributed by atoms with Gasteiger partial charge in [0.2, 0.25) is 5.91 Å². The summed E-state index contributed by atoms with van der Waals surface area (Å²) >= 11 is 0. The number of benzene rings is 2. The zero-order valence-corrected chi connectivity index (χ0v) is 14.7. The summed E-state index contributed by atoms with van der Waals surface area (Å²) in [5, 5.41) is 2.72. The van der Waals surface area contributed by atoms with Crippen molar-refractivity contribution in [2.75, 3.05) is 32.1 Å². The minimum Gasteiger partial charge on any atom is -0.495 e. The first kappa shape index (κ1) is 19.2. The zero-order valence-electron chi connectivity index (χ0n) is 14.7. The molecule has 0 aliphatic rings. The highest BCUT2D eigenvalue weighted by molar-refractivity contribution is 5.95. The van der Waals surface area contributed by atoms with Gasteiger partial charge < -0.3 is 19.7 Å². The number of hydrogen-bond donors (Lipinski definition) is 1. The van der Waals surface area contributed by atoms with Crippen molar-refractivity contribution in [3.05, 3.63) is 54.3 Å². The molecular weight excluding hydrogens is 339 g/mol. The number of nitrogens with one attached hydrogen (secondary N) is 1. The van der Waals surface area contributed by atoms with Crippen LogP contribution in [-0.4, -0.2) is 43.5 Å². The molecule has 0 saturated carbocycles. The van der Waals surface area contributed by atoms with Gasteiger partial charge in [0.25, 0.3) is 5.91 Å². The Morgan fingerprint density at radius 1 is 1.12 bits per heavy atom. The van der Waals surface area contributed by atoms with Crippen LogP contribution in [0.15, 0.2) is 48.5 Å². The number of methoxy groups -OCH3 is 1. The molecule has 6 nitrogen and oxygen atoms in total. The van der Waals surface area contributed by atoms with Crippen molar-refractivity contribution >= 4 is 17.5 Å². The van der Waals surface area contributed by atoms with E-state index in [1.165, 1.54) is 36.3 Å². The quantitative estimate of drug-likeness (QED) is 0.786. The summed E-state index contributed by atoms with van der Waals surface area (Å²) in [5.74, 6) is -0.144. The van der Waals surface area contributed by atoms with E-state index >= 15 is 0 Å². The molecule has 26 heavy (non-hydrogen) atoms. The molecule has 138 valence electrons. The molecule has 0 atom stereocenters. The maximum Gasteiger partial charge on any atom is 0.260 e. The Morgan fingerprint density at radius 2 is 1.81 bits per heavy atom. The lowest BCUT2D eigenvalue weighted by atomic mass is 10.3. The monoisotopic (exact) mass is 360 g/mol. The van der Waals surface area contributed by atoms with Crippen LogP contribution in [-0.2, 0) is 9.59 Å². The van der Waals surface area contributed by atoms with E-state index in [2.05, 4.69) is 5.32 Å². The van der Waals surface area contributed by atoms with Gasteiger partial charge in [-0.2, -0.15) is 0 Å². The SMILES string of the molecule is CCN(CC(=O)Nc1ccccc1OC)C(=O)COc1ccc(F)cc1. The Balaban J connectivity index is 1.89. The van der Waals surface area contributed by atoms with Crippen molar-refractivity contribution in [1.82, 2.24) is 4.90 Å². The predicted molar refractivity (Wildman–Crippen MR) is 95.8 cm³/mol. The van der Waals surface area contributed by atoms with E-state index < -0.39 is 0 Å². The van der Waals surface area contributed by atoms with Crippen molar-refractivity contribution in [1.29, 1.82) is 0 Å². The Hall–Kier alpha value is -3.09. The highest BCUT2D eigenvalue weighted by Gasteiger charge is 2.17. The van der Waals surface area contributed by atoms with Crippen LogP contribution in [0.1, 0.15) is 6.92 Å². The molecule has 7 heteroatoms. The number of para-hydroxylation sites is 2. The van der Waals surface area contributed by atoms with Crippen LogP contribution in [0.2, 0.25) is 0 Å². The number of carbonyl (C=O) groups is 2. The number of halogens is 1. The van der Waals surface area contributed by atoms with Crippen molar-refractivity contribution < 1.29 is 23.5 Å². The lowest BCUT2D eigenvalue weighted by Crippen LogP contribution is -2.40. The molecule has 0 radical (unpaired) electrons. The number of rotatable bonds is 8. The van der Waals surface area contributed by atoms with E-state index in [9.17, 15) is 14.0 Å². The number of hydrogen-bond acceptors (Lipinski definition) is 4. The van der Waals surface area contributed by atoms with Gasteiger partial charge >= 0.3 is 0 Å². The van der Waals surface area contributed by atoms with Crippen LogP contribution in [0.5, 0.6) is 11.5 Å². The number of nitrogens with zero attached hydrogens (tertiary/aromatic N) is 1. The van der Waals surface area contributed by atoms with Gasteiger partial charge in [0.15, 0.2) is 6.61 Å². The number of anilines is 1. The molecule has 0 spiro atoms. The largest absolute Gasteiger partial charge is 0.495 e. The smallest absolute Gasteiger partial charge is 0.260 e. The Morgan fingerprint density at radius 3 is 2.46 bits per heavy atom. The normalized spacial score (nSPS) is 10.1. The van der Waals surface area contributed by atoms with Gasteiger partial charge in [-0.3, -0.25) is 9.59 Å².